The van der Waals surface area contributed by atoms with Crippen LogP contribution in [0.5, 0.6) is 0 Å². The number of nitrogens with two attached hydrogens (primary N) is 1. The van der Waals surface area contributed by atoms with Crippen molar-refractivity contribution in [3.63, 3.8) is 0 Å². The highest BCUT2D eigenvalue weighted by Gasteiger charge is 2.17. The number of carboxylic acid groups (broad SMARTS) is 1. The van der Waals surface area contributed by atoms with Gasteiger partial charge in [0.15, 0.2) is 5.16 Å². The molecule has 0 spiro atoms. The number of halogens is 1. The molecule has 0 bridgehead atoms. The number of aromatic nitrogens is 3. The predicted octanol–water partition coefficient (Wildman–Crippen LogP) is 4.29. The number of rotatable bonds is 4. The van der Waals surface area contributed by atoms with Crippen molar-refractivity contribution in [2.75, 3.05) is 17.7 Å². The number of amides is 1. The summed E-state index contributed by atoms with van der Waals surface area (Å²) in [6.07, 6.45) is 0.738. The van der Waals surface area contributed by atoms with E-state index in [1.54, 1.807) is 6.20 Å². The molecule has 0 aliphatic carbocycles. The topological polar surface area (TPSA) is 105 Å². The fourth-order valence-electron chi connectivity index (χ4n) is 2.21. The first kappa shape index (κ1) is 17.7. The van der Waals surface area contributed by atoms with E-state index in [1.165, 1.54) is 41.1 Å². The second-order valence-electron chi connectivity index (χ2n) is 5.23. The average molecular weight is 396 g/mol. The second-order valence-corrected chi connectivity index (χ2v) is 7.83. The number of nitrogen functional groups attached to an aromatic ring is 1. The molecular weight excluding hydrogens is 382 g/mol. The van der Waals surface area contributed by atoms with Crippen molar-refractivity contribution in [3.05, 3.63) is 34.6 Å². The van der Waals surface area contributed by atoms with Crippen molar-refractivity contribution in [1.29, 1.82) is 0 Å². The lowest BCUT2D eigenvalue weighted by Gasteiger charge is -2.13. The van der Waals surface area contributed by atoms with Crippen molar-refractivity contribution in [3.8, 4) is 0 Å². The van der Waals surface area contributed by atoms with Gasteiger partial charge in [-0.3, -0.25) is 9.88 Å². The van der Waals surface area contributed by atoms with Crippen LogP contribution in [0.3, 0.4) is 0 Å². The van der Waals surface area contributed by atoms with Gasteiger partial charge in [-0.05, 0) is 13.0 Å². The zero-order chi connectivity index (χ0) is 18.1. The molecule has 0 saturated carbocycles. The summed E-state index contributed by atoms with van der Waals surface area (Å²) < 4.78 is 0.923. The summed E-state index contributed by atoms with van der Waals surface area (Å²) in [5, 5.41) is 12.5. The third kappa shape index (κ3) is 3.78. The SMILES string of the molecule is CC(Sc1nc(N)cc(Cl)n1)c1cc2c(N(C)C(=O)O)csc2cn1. The predicted molar refractivity (Wildman–Crippen MR) is 102 cm³/mol. The molecule has 3 aromatic rings. The number of thiophene rings is 1. The summed E-state index contributed by atoms with van der Waals surface area (Å²) in [7, 11) is 1.52. The monoisotopic (exact) mass is 395 g/mol. The third-order valence-corrected chi connectivity index (χ3v) is 5.61. The van der Waals surface area contributed by atoms with Crippen molar-refractivity contribution < 1.29 is 9.90 Å². The number of fused-ring (bicyclic) bond motifs is 1. The van der Waals surface area contributed by atoms with Crippen LogP contribution in [-0.4, -0.2) is 33.2 Å². The molecule has 1 amide bonds. The molecule has 1 atom stereocenters. The fraction of sp³-hybridized carbons (Fsp3) is 0.200. The van der Waals surface area contributed by atoms with Gasteiger partial charge < -0.3 is 10.8 Å². The maximum atomic E-state index is 11.2. The molecule has 3 aromatic heterocycles. The molecule has 3 rings (SSSR count). The van der Waals surface area contributed by atoms with Crippen LogP contribution >= 0.6 is 34.7 Å². The van der Waals surface area contributed by atoms with Crippen molar-refractivity contribution >= 4 is 62.4 Å². The summed E-state index contributed by atoms with van der Waals surface area (Å²) in [5.74, 6) is 0.307. The smallest absolute Gasteiger partial charge is 0.411 e. The van der Waals surface area contributed by atoms with Gasteiger partial charge in [-0.2, -0.15) is 0 Å². The van der Waals surface area contributed by atoms with Gasteiger partial charge in [0.05, 0.1) is 21.3 Å². The van der Waals surface area contributed by atoms with E-state index in [1.807, 2.05) is 18.4 Å². The Morgan fingerprint density at radius 2 is 2.20 bits per heavy atom. The van der Waals surface area contributed by atoms with Gasteiger partial charge in [-0.25, -0.2) is 14.8 Å². The Morgan fingerprint density at radius 3 is 2.88 bits per heavy atom. The molecule has 0 fully saturated rings. The first-order chi connectivity index (χ1) is 11.8. The minimum atomic E-state index is -1.01. The molecule has 0 saturated heterocycles. The van der Waals surface area contributed by atoms with Crippen LogP contribution in [-0.2, 0) is 0 Å². The molecule has 0 aliphatic rings. The Bertz CT molecular complexity index is 929. The van der Waals surface area contributed by atoms with Gasteiger partial charge in [-0.1, -0.05) is 23.4 Å². The van der Waals surface area contributed by atoms with Gasteiger partial charge in [0.25, 0.3) is 0 Å². The van der Waals surface area contributed by atoms with Crippen LogP contribution in [0.2, 0.25) is 5.15 Å². The van der Waals surface area contributed by atoms with Crippen LogP contribution in [0.4, 0.5) is 16.3 Å². The van der Waals surface area contributed by atoms with Gasteiger partial charge in [0, 0.05) is 30.1 Å². The Labute approximate surface area is 156 Å². The van der Waals surface area contributed by atoms with Crippen LogP contribution in [0, 0.1) is 0 Å². The van der Waals surface area contributed by atoms with E-state index in [2.05, 4.69) is 15.0 Å². The van der Waals surface area contributed by atoms with E-state index >= 15 is 0 Å². The van der Waals surface area contributed by atoms with Gasteiger partial charge >= 0.3 is 6.09 Å². The third-order valence-electron chi connectivity index (χ3n) is 3.50. The number of pyridine rings is 1. The van der Waals surface area contributed by atoms with Crippen molar-refractivity contribution in [2.24, 2.45) is 0 Å². The lowest BCUT2D eigenvalue weighted by atomic mass is 10.2. The Hall–Kier alpha value is -2.10. The summed E-state index contributed by atoms with van der Waals surface area (Å²) in [6.45, 7) is 1.96. The summed E-state index contributed by atoms with van der Waals surface area (Å²) in [6, 6.07) is 3.38. The van der Waals surface area contributed by atoms with Crippen LogP contribution in [0.1, 0.15) is 17.9 Å². The number of thioether (sulfide) groups is 1. The number of anilines is 2. The highest BCUT2D eigenvalue weighted by atomic mass is 35.5. The molecule has 10 heteroatoms. The van der Waals surface area contributed by atoms with Gasteiger partial charge in [0.2, 0.25) is 0 Å². The van der Waals surface area contributed by atoms with E-state index in [0.717, 1.165) is 15.8 Å². The zero-order valence-corrected chi connectivity index (χ0v) is 15.7. The standard InChI is InChI=1S/C15H14ClN5O2S2/c1-7(25-14-19-12(16)4-13(17)20-14)9-3-8-10(21(2)15(22)23)6-24-11(8)5-18-9/h3-7H,1-2H3,(H,22,23)(H2,17,19,20). The van der Waals surface area contributed by atoms with Crippen LogP contribution < -0.4 is 10.6 Å². The number of hydrogen-bond donors (Lipinski definition) is 2. The minimum absolute atomic E-state index is 0.0647. The number of carbonyl (C=O) groups is 1. The Kier molecular flexibility index (Phi) is 4.98. The first-order valence-corrected chi connectivity index (χ1v) is 9.29. The lowest BCUT2D eigenvalue weighted by molar-refractivity contribution is 0.203. The van der Waals surface area contributed by atoms with E-state index in [0.29, 0.717) is 16.7 Å². The van der Waals surface area contributed by atoms with Crippen LogP contribution in [0.15, 0.2) is 28.9 Å². The highest BCUT2D eigenvalue weighted by molar-refractivity contribution is 7.99. The lowest BCUT2D eigenvalue weighted by Crippen LogP contribution is -2.23. The quantitative estimate of drug-likeness (QED) is 0.385. The molecule has 25 heavy (non-hydrogen) atoms. The molecule has 0 aromatic carbocycles. The van der Waals surface area contributed by atoms with E-state index in [9.17, 15) is 9.90 Å². The highest BCUT2D eigenvalue weighted by Crippen LogP contribution is 2.37. The zero-order valence-electron chi connectivity index (χ0n) is 13.3. The Morgan fingerprint density at radius 1 is 1.44 bits per heavy atom. The fourth-order valence-corrected chi connectivity index (χ4v) is 4.25. The largest absolute Gasteiger partial charge is 0.465 e. The summed E-state index contributed by atoms with van der Waals surface area (Å²) >= 11 is 8.74. The molecule has 0 aliphatic heterocycles. The minimum Gasteiger partial charge on any atom is -0.465 e. The van der Waals surface area contributed by atoms with Crippen molar-refractivity contribution in [1.82, 2.24) is 15.0 Å². The van der Waals surface area contributed by atoms with Gasteiger partial charge in [-0.15, -0.1) is 11.3 Å². The van der Waals surface area contributed by atoms with Gasteiger partial charge in [0.1, 0.15) is 11.0 Å². The average Bonchev–Trinajstić information content (AvgIpc) is 2.95. The molecule has 3 heterocycles. The maximum Gasteiger partial charge on any atom is 0.411 e. The Balaban J connectivity index is 1.92. The summed E-state index contributed by atoms with van der Waals surface area (Å²) in [5.41, 5.74) is 7.12. The molecule has 3 N–H and O–H groups in total. The van der Waals surface area contributed by atoms with E-state index < -0.39 is 6.09 Å². The number of nitrogens with zero attached hydrogens (tertiary/aromatic N) is 4. The normalized spacial score (nSPS) is 12.3. The molecule has 130 valence electrons. The van der Waals surface area contributed by atoms with E-state index in [-0.39, 0.29) is 10.4 Å². The molecule has 1 unspecified atom stereocenters. The molecule has 0 radical (unpaired) electrons. The number of hydrogen-bond acceptors (Lipinski definition) is 7. The van der Waals surface area contributed by atoms with E-state index in [4.69, 9.17) is 17.3 Å². The van der Waals surface area contributed by atoms with Crippen molar-refractivity contribution in [2.45, 2.75) is 17.3 Å². The first-order valence-electron chi connectivity index (χ1n) is 7.15. The maximum absolute atomic E-state index is 11.2. The van der Waals surface area contributed by atoms with Crippen LogP contribution in [0.25, 0.3) is 10.1 Å². The summed E-state index contributed by atoms with van der Waals surface area (Å²) in [4.78, 5) is 25.2. The second kappa shape index (κ2) is 7.03. The molecule has 7 nitrogen and oxygen atoms in total. The molecular formula is C15H14ClN5O2S2.